The number of hydrogen-bond acceptors (Lipinski definition) is 4. The zero-order chi connectivity index (χ0) is 16.1. The summed E-state index contributed by atoms with van der Waals surface area (Å²) < 4.78 is 23.5. The highest BCUT2D eigenvalue weighted by Crippen LogP contribution is 2.21. The van der Waals surface area contributed by atoms with Gasteiger partial charge < -0.3 is 14.6 Å². The average Bonchev–Trinajstić information content (AvgIpc) is 3.20. The summed E-state index contributed by atoms with van der Waals surface area (Å²) in [4.78, 5) is 11.7. The van der Waals surface area contributed by atoms with Crippen LogP contribution in [0, 0.1) is 5.82 Å². The molecule has 1 N–H and O–H groups in total. The van der Waals surface area contributed by atoms with Crippen LogP contribution in [0.2, 0.25) is 0 Å². The van der Waals surface area contributed by atoms with Crippen LogP contribution in [0.3, 0.4) is 0 Å². The van der Waals surface area contributed by atoms with Gasteiger partial charge in [0.05, 0.1) is 6.61 Å². The molecule has 1 aliphatic rings. The van der Waals surface area contributed by atoms with Crippen molar-refractivity contribution in [2.24, 2.45) is 0 Å². The van der Waals surface area contributed by atoms with Crippen molar-refractivity contribution < 1.29 is 18.4 Å². The summed E-state index contributed by atoms with van der Waals surface area (Å²) in [5.41, 5.74) is 1.34. The molecule has 0 saturated heterocycles. The van der Waals surface area contributed by atoms with Crippen molar-refractivity contribution in [3.63, 3.8) is 0 Å². The third-order valence-corrected chi connectivity index (χ3v) is 3.89. The Bertz CT molecular complexity index is 648. The number of ether oxygens (including phenoxy) is 1. The number of amides is 1. The number of aromatic nitrogens is 1. The highest BCUT2D eigenvalue weighted by Gasteiger charge is 2.17. The quantitative estimate of drug-likeness (QED) is 0.889. The van der Waals surface area contributed by atoms with Gasteiger partial charge in [-0.05, 0) is 37.1 Å². The highest BCUT2D eigenvalue weighted by molar-refractivity contribution is 5.77. The number of benzene rings is 1. The van der Waals surface area contributed by atoms with E-state index in [4.69, 9.17) is 9.26 Å². The van der Waals surface area contributed by atoms with Crippen molar-refractivity contribution >= 4 is 5.91 Å². The van der Waals surface area contributed by atoms with E-state index in [-0.39, 0.29) is 24.9 Å². The Kier molecular flexibility index (Phi) is 5.02. The zero-order valence-electron chi connectivity index (χ0n) is 12.8. The molecule has 2 aromatic rings. The maximum atomic E-state index is 12.9. The molecule has 0 bridgehead atoms. The van der Waals surface area contributed by atoms with Gasteiger partial charge in [-0.2, -0.15) is 0 Å². The number of rotatable bonds is 6. The van der Waals surface area contributed by atoms with E-state index in [1.54, 1.807) is 18.2 Å². The molecule has 1 saturated carbocycles. The molecule has 5 nitrogen and oxygen atoms in total. The molecule has 1 fully saturated rings. The Morgan fingerprint density at radius 3 is 2.78 bits per heavy atom. The lowest BCUT2D eigenvalue weighted by molar-refractivity contribution is -0.126. The van der Waals surface area contributed by atoms with Crippen LogP contribution >= 0.6 is 0 Å². The van der Waals surface area contributed by atoms with Crippen LogP contribution in [-0.4, -0.2) is 23.7 Å². The van der Waals surface area contributed by atoms with Crippen LogP contribution in [0.4, 0.5) is 4.39 Å². The SMILES string of the molecule is O=C(COCc1cc(-c2ccc(F)cc2)on1)NC1CCCC1. The maximum absolute atomic E-state index is 12.9. The molecule has 6 heteroatoms. The van der Waals surface area contributed by atoms with Crippen molar-refractivity contribution in [3.8, 4) is 11.3 Å². The summed E-state index contributed by atoms with van der Waals surface area (Å²) in [5.74, 6) is 0.142. The van der Waals surface area contributed by atoms with Crippen molar-refractivity contribution in [2.75, 3.05) is 6.61 Å². The Balaban J connectivity index is 1.45. The van der Waals surface area contributed by atoms with E-state index in [2.05, 4.69) is 10.5 Å². The van der Waals surface area contributed by atoms with Crippen LogP contribution in [0.5, 0.6) is 0 Å². The van der Waals surface area contributed by atoms with Gasteiger partial charge in [-0.15, -0.1) is 0 Å². The molecule has 122 valence electrons. The minimum Gasteiger partial charge on any atom is -0.365 e. The molecular formula is C17H19FN2O3. The first kappa shape index (κ1) is 15.7. The van der Waals surface area contributed by atoms with Gasteiger partial charge in [0, 0.05) is 17.7 Å². The van der Waals surface area contributed by atoms with Crippen LogP contribution in [0.25, 0.3) is 11.3 Å². The Morgan fingerprint density at radius 1 is 1.30 bits per heavy atom. The van der Waals surface area contributed by atoms with Gasteiger partial charge in [-0.25, -0.2) is 4.39 Å². The van der Waals surface area contributed by atoms with Crippen LogP contribution in [0.15, 0.2) is 34.9 Å². The van der Waals surface area contributed by atoms with Crippen LogP contribution in [-0.2, 0) is 16.1 Å². The van der Waals surface area contributed by atoms with Crippen LogP contribution < -0.4 is 5.32 Å². The Morgan fingerprint density at radius 2 is 2.04 bits per heavy atom. The Labute approximate surface area is 133 Å². The lowest BCUT2D eigenvalue weighted by atomic mass is 10.1. The van der Waals surface area contributed by atoms with Gasteiger partial charge >= 0.3 is 0 Å². The molecule has 1 aromatic heterocycles. The molecule has 0 aliphatic heterocycles. The standard InChI is InChI=1S/C17H19FN2O3/c18-13-7-5-12(6-8-13)16-9-15(20-23-16)10-22-11-17(21)19-14-3-1-2-4-14/h5-9,14H,1-4,10-11H2,(H,19,21). The third kappa shape index (κ3) is 4.39. The molecule has 23 heavy (non-hydrogen) atoms. The molecule has 0 spiro atoms. The van der Waals surface area contributed by atoms with Crippen LogP contribution in [0.1, 0.15) is 31.4 Å². The molecule has 1 aromatic carbocycles. The van der Waals surface area contributed by atoms with Crippen molar-refractivity contribution in [1.29, 1.82) is 0 Å². The maximum Gasteiger partial charge on any atom is 0.246 e. The molecule has 0 radical (unpaired) electrons. The zero-order valence-corrected chi connectivity index (χ0v) is 12.8. The topological polar surface area (TPSA) is 64.4 Å². The Hall–Kier alpha value is -2.21. The summed E-state index contributed by atoms with van der Waals surface area (Å²) in [6, 6.07) is 7.99. The minimum absolute atomic E-state index is 0.00917. The van der Waals surface area contributed by atoms with E-state index in [0.717, 1.165) is 18.4 Å². The van der Waals surface area contributed by atoms with Gasteiger partial charge in [-0.3, -0.25) is 4.79 Å². The molecule has 1 heterocycles. The number of carbonyl (C=O) groups excluding carboxylic acids is 1. The normalized spacial score (nSPS) is 15.0. The van der Waals surface area contributed by atoms with E-state index in [9.17, 15) is 9.18 Å². The number of carbonyl (C=O) groups is 1. The fourth-order valence-corrected chi connectivity index (χ4v) is 2.72. The molecule has 0 unspecified atom stereocenters. The predicted molar refractivity (Wildman–Crippen MR) is 82.0 cm³/mol. The molecule has 0 atom stereocenters. The van der Waals surface area contributed by atoms with Crippen molar-refractivity contribution in [1.82, 2.24) is 10.5 Å². The third-order valence-electron chi connectivity index (χ3n) is 3.89. The predicted octanol–water partition coefficient (Wildman–Crippen LogP) is 3.06. The first-order chi connectivity index (χ1) is 11.2. The van der Waals surface area contributed by atoms with Gasteiger partial charge in [-0.1, -0.05) is 18.0 Å². The second-order valence-electron chi connectivity index (χ2n) is 5.73. The molecule has 1 aliphatic carbocycles. The fraction of sp³-hybridized carbons (Fsp3) is 0.412. The van der Waals surface area contributed by atoms with Crippen molar-refractivity contribution in [3.05, 3.63) is 41.8 Å². The second-order valence-corrected chi connectivity index (χ2v) is 5.73. The number of halogens is 1. The molecule has 3 rings (SSSR count). The van der Waals surface area contributed by atoms with E-state index >= 15 is 0 Å². The van der Waals surface area contributed by atoms with Gasteiger partial charge in [0.25, 0.3) is 0 Å². The van der Waals surface area contributed by atoms with E-state index in [1.165, 1.54) is 25.0 Å². The van der Waals surface area contributed by atoms with Gasteiger partial charge in [0.15, 0.2) is 5.76 Å². The summed E-state index contributed by atoms with van der Waals surface area (Å²) in [7, 11) is 0. The van der Waals surface area contributed by atoms with E-state index in [1.807, 2.05) is 0 Å². The summed E-state index contributed by atoms with van der Waals surface area (Å²) in [6.07, 6.45) is 4.46. The minimum atomic E-state index is -0.301. The first-order valence-electron chi connectivity index (χ1n) is 7.79. The summed E-state index contributed by atoms with van der Waals surface area (Å²) in [6.45, 7) is 0.206. The van der Waals surface area contributed by atoms with Crippen molar-refractivity contribution in [2.45, 2.75) is 38.3 Å². The first-order valence-corrected chi connectivity index (χ1v) is 7.79. The smallest absolute Gasteiger partial charge is 0.246 e. The fourth-order valence-electron chi connectivity index (χ4n) is 2.72. The van der Waals surface area contributed by atoms with Gasteiger partial charge in [0.2, 0.25) is 5.91 Å². The lowest BCUT2D eigenvalue weighted by Crippen LogP contribution is -2.35. The number of nitrogens with one attached hydrogen (secondary N) is 1. The highest BCUT2D eigenvalue weighted by atomic mass is 19.1. The number of hydrogen-bond donors (Lipinski definition) is 1. The monoisotopic (exact) mass is 318 g/mol. The lowest BCUT2D eigenvalue weighted by Gasteiger charge is -2.11. The largest absolute Gasteiger partial charge is 0.365 e. The van der Waals surface area contributed by atoms with E-state index < -0.39 is 0 Å². The summed E-state index contributed by atoms with van der Waals surface area (Å²) >= 11 is 0. The van der Waals surface area contributed by atoms with E-state index in [0.29, 0.717) is 17.5 Å². The molecular weight excluding hydrogens is 299 g/mol. The number of nitrogens with zero attached hydrogens (tertiary/aromatic N) is 1. The van der Waals surface area contributed by atoms with Gasteiger partial charge in [0.1, 0.15) is 18.1 Å². The molecule has 1 amide bonds. The summed E-state index contributed by atoms with van der Waals surface area (Å²) in [5, 5.41) is 6.85. The second kappa shape index (κ2) is 7.37. The average molecular weight is 318 g/mol.